The molecule has 3 saturated heterocycles. The number of para-hydroxylation sites is 1. The summed E-state index contributed by atoms with van der Waals surface area (Å²) in [5, 5.41) is 0. The molecular formula is C33H44N4O3. The van der Waals surface area contributed by atoms with E-state index in [4.69, 9.17) is 0 Å². The fourth-order valence-electron chi connectivity index (χ4n) is 6.50. The molecule has 0 aliphatic carbocycles. The number of unbranched alkanes of at least 4 members (excludes halogenated alkanes) is 2. The van der Waals surface area contributed by atoms with Crippen molar-refractivity contribution in [3.63, 3.8) is 0 Å². The molecule has 0 unspecified atom stereocenters. The van der Waals surface area contributed by atoms with Crippen LogP contribution in [0.3, 0.4) is 0 Å². The van der Waals surface area contributed by atoms with Gasteiger partial charge in [-0.1, -0.05) is 57.0 Å². The maximum Gasteiger partial charge on any atom is 0.253 e. The SMILES string of the molecule is CCCCCc1ccc(C(=O)N2CCC3(CC2)C(=O)N(CC(=O)N2CCC(C)CC2)CN3c2ccccc2)cc1. The molecule has 0 bridgehead atoms. The average molecular weight is 545 g/mol. The number of amides is 3. The molecule has 0 saturated carbocycles. The molecule has 3 aliphatic heterocycles. The lowest BCUT2D eigenvalue weighted by molar-refractivity contribution is -0.141. The van der Waals surface area contributed by atoms with E-state index in [1.54, 1.807) is 4.90 Å². The van der Waals surface area contributed by atoms with Gasteiger partial charge in [0.25, 0.3) is 11.8 Å². The Kier molecular flexibility index (Phi) is 8.77. The lowest BCUT2D eigenvalue weighted by Crippen LogP contribution is -2.57. The molecule has 40 heavy (non-hydrogen) atoms. The monoisotopic (exact) mass is 544 g/mol. The van der Waals surface area contributed by atoms with Crippen molar-refractivity contribution in [3.05, 3.63) is 65.7 Å². The standard InChI is InChI=1S/C33H44N4O3/c1-3-4-6-9-27-12-14-28(15-13-27)31(39)35-22-18-33(19-23-35)32(40)36(25-37(33)29-10-7-5-8-11-29)24-30(38)34-20-16-26(2)17-21-34/h5,7-8,10-15,26H,3-4,6,9,16-25H2,1-2H3. The molecule has 2 aromatic rings. The number of hydrogen-bond acceptors (Lipinski definition) is 4. The Labute approximate surface area is 239 Å². The predicted molar refractivity (Wildman–Crippen MR) is 158 cm³/mol. The van der Waals surface area contributed by atoms with E-state index in [0.29, 0.717) is 44.1 Å². The average Bonchev–Trinajstić information content (AvgIpc) is 3.24. The number of hydrogen-bond donors (Lipinski definition) is 0. The Morgan fingerprint density at radius 1 is 0.875 bits per heavy atom. The highest BCUT2D eigenvalue weighted by molar-refractivity contribution is 5.97. The summed E-state index contributed by atoms with van der Waals surface area (Å²) in [6, 6.07) is 18.1. The van der Waals surface area contributed by atoms with Crippen molar-refractivity contribution in [2.45, 2.75) is 70.8 Å². The van der Waals surface area contributed by atoms with Crippen molar-refractivity contribution in [1.29, 1.82) is 0 Å². The van der Waals surface area contributed by atoms with Crippen LogP contribution in [0.25, 0.3) is 0 Å². The first-order chi connectivity index (χ1) is 19.4. The van der Waals surface area contributed by atoms with Gasteiger partial charge in [-0.2, -0.15) is 0 Å². The lowest BCUT2D eigenvalue weighted by Gasteiger charge is -2.43. The van der Waals surface area contributed by atoms with Crippen LogP contribution in [-0.4, -0.2) is 77.4 Å². The maximum atomic E-state index is 14.0. The zero-order valence-electron chi connectivity index (χ0n) is 24.2. The minimum Gasteiger partial charge on any atom is -0.341 e. The topological polar surface area (TPSA) is 64.2 Å². The number of carbonyl (C=O) groups is 3. The molecule has 7 nitrogen and oxygen atoms in total. The van der Waals surface area contributed by atoms with Gasteiger partial charge >= 0.3 is 0 Å². The number of rotatable bonds is 8. The molecule has 3 amide bonds. The van der Waals surface area contributed by atoms with Crippen LogP contribution in [0.2, 0.25) is 0 Å². The molecule has 0 aromatic heterocycles. The third kappa shape index (κ3) is 5.89. The zero-order valence-corrected chi connectivity index (χ0v) is 24.2. The summed E-state index contributed by atoms with van der Waals surface area (Å²) in [7, 11) is 0. The number of piperidine rings is 2. The van der Waals surface area contributed by atoms with Crippen LogP contribution in [0.5, 0.6) is 0 Å². The van der Waals surface area contributed by atoms with Gasteiger partial charge < -0.3 is 19.6 Å². The number of aryl methyl sites for hydroxylation is 1. The molecule has 3 aliphatic rings. The Morgan fingerprint density at radius 3 is 2.20 bits per heavy atom. The summed E-state index contributed by atoms with van der Waals surface area (Å²) in [5.41, 5.74) is 2.22. The van der Waals surface area contributed by atoms with Crippen LogP contribution in [0.1, 0.15) is 74.7 Å². The Hall–Kier alpha value is -3.35. The molecule has 3 heterocycles. The lowest BCUT2D eigenvalue weighted by atomic mass is 9.85. The molecule has 2 aromatic carbocycles. The molecule has 7 heteroatoms. The van der Waals surface area contributed by atoms with Crippen molar-refractivity contribution >= 4 is 23.4 Å². The number of nitrogens with zero attached hydrogens (tertiary/aromatic N) is 4. The molecule has 0 radical (unpaired) electrons. The van der Waals surface area contributed by atoms with Crippen LogP contribution >= 0.6 is 0 Å². The van der Waals surface area contributed by atoms with Crippen LogP contribution < -0.4 is 4.90 Å². The highest BCUT2D eigenvalue weighted by Gasteiger charge is 2.54. The summed E-state index contributed by atoms with van der Waals surface area (Å²) in [4.78, 5) is 48.3. The first kappa shape index (κ1) is 28.2. The van der Waals surface area contributed by atoms with E-state index in [0.717, 1.165) is 38.0 Å². The fourth-order valence-corrected chi connectivity index (χ4v) is 6.50. The van der Waals surface area contributed by atoms with Gasteiger partial charge in [0.15, 0.2) is 0 Å². The van der Waals surface area contributed by atoms with Gasteiger partial charge in [0.2, 0.25) is 5.91 Å². The van der Waals surface area contributed by atoms with Crippen molar-refractivity contribution < 1.29 is 14.4 Å². The largest absolute Gasteiger partial charge is 0.341 e. The van der Waals surface area contributed by atoms with Crippen molar-refractivity contribution in [3.8, 4) is 0 Å². The first-order valence-electron chi connectivity index (χ1n) is 15.2. The maximum absolute atomic E-state index is 14.0. The van der Waals surface area contributed by atoms with Crippen LogP contribution in [0.15, 0.2) is 54.6 Å². The minimum atomic E-state index is -0.738. The van der Waals surface area contributed by atoms with E-state index in [1.807, 2.05) is 52.3 Å². The van der Waals surface area contributed by atoms with Gasteiger partial charge in [0.05, 0.1) is 6.67 Å². The van der Waals surface area contributed by atoms with E-state index in [1.165, 1.54) is 24.8 Å². The number of carbonyl (C=O) groups excluding carboxylic acids is 3. The Morgan fingerprint density at radius 2 is 1.55 bits per heavy atom. The van der Waals surface area contributed by atoms with Gasteiger partial charge in [-0.05, 0) is 74.3 Å². The van der Waals surface area contributed by atoms with Crippen LogP contribution in [0.4, 0.5) is 5.69 Å². The number of benzene rings is 2. The summed E-state index contributed by atoms with van der Waals surface area (Å²) in [6.07, 6.45) is 7.77. The summed E-state index contributed by atoms with van der Waals surface area (Å²) >= 11 is 0. The van der Waals surface area contributed by atoms with Gasteiger partial charge in [-0.15, -0.1) is 0 Å². The predicted octanol–water partition coefficient (Wildman–Crippen LogP) is 4.96. The molecule has 0 atom stereocenters. The number of anilines is 1. The second kappa shape index (κ2) is 12.4. The molecule has 0 N–H and O–H groups in total. The molecule has 3 fully saturated rings. The van der Waals surface area contributed by atoms with E-state index >= 15 is 0 Å². The van der Waals surface area contributed by atoms with Crippen molar-refractivity contribution in [1.82, 2.24) is 14.7 Å². The molecule has 214 valence electrons. The molecular weight excluding hydrogens is 500 g/mol. The summed E-state index contributed by atoms with van der Waals surface area (Å²) < 4.78 is 0. The van der Waals surface area contributed by atoms with E-state index in [-0.39, 0.29) is 24.3 Å². The summed E-state index contributed by atoms with van der Waals surface area (Å²) in [6.45, 7) is 7.51. The molecule has 5 rings (SSSR count). The van der Waals surface area contributed by atoms with Gasteiger partial charge in [0, 0.05) is 37.4 Å². The van der Waals surface area contributed by atoms with Gasteiger partial charge in [0.1, 0.15) is 12.1 Å². The summed E-state index contributed by atoms with van der Waals surface area (Å²) in [5.74, 6) is 0.721. The van der Waals surface area contributed by atoms with Crippen LogP contribution in [-0.2, 0) is 16.0 Å². The van der Waals surface area contributed by atoms with Gasteiger partial charge in [-0.3, -0.25) is 14.4 Å². The fraction of sp³-hybridized carbons (Fsp3) is 0.545. The smallest absolute Gasteiger partial charge is 0.253 e. The zero-order chi connectivity index (χ0) is 28.1. The quantitative estimate of drug-likeness (QED) is 0.441. The molecule has 1 spiro atoms. The second-order valence-corrected chi connectivity index (χ2v) is 11.9. The normalized spacial score (nSPS) is 19.5. The highest BCUT2D eigenvalue weighted by Crippen LogP contribution is 2.39. The van der Waals surface area contributed by atoms with E-state index < -0.39 is 5.54 Å². The minimum absolute atomic E-state index is 0.0126. The second-order valence-electron chi connectivity index (χ2n) is 11.9. The van der Waals surface area contributed by atoms with Crippen molar-refractivity contribution in [2.24, 2.45) is 5.92 Å². The Balaban J connectivity index is 1.27. The first-order valence-corrected chi connectivity index (χ1v) is 15.2. The van der Waals surface area contributed by atoms with Crippen LogP contribution in [0, 0.1) is 5.92 Å². The third-order valence-electron chi connectivity index (χ3n) is 9.19. The number of likely N-dealkylation sites (tertiary alicyclic amines) is 2. The van der Waals surface area contributed by atoms with Gasteiger partial charge in [-0.25, -0.2) is 0 Å². The van der Waals surface area contributed by atoms with E-state index in [9.17, 15) is 14.4 Å². The Bertz CT molecular complexity index is 1170. The highest BCUT2D eigenvalue weighted by atomic mass is 16.2. The van der Waals surface area contributed by atoms with Crippen molar-refractivity contribution in [2.75, 3.05) is 44.3 Å². The van der Waals surface area contributed by atoms with E-state index in [2.05, 4.69) is 30.9 Å². The third-order valence-corrected chi connectivity index (χ3v) is 9.19.